The Bertz CT molecular complexity index is 440. The lowest BCUT2D eigenvalue weighted by molar-refractivity contribution is -0.136. The van der Waals surface area contributed by atoms with Crippen LogP contribution in [0.2, 0.25) is 5.02 Å². The highest BCUT2D eigenvalue weighted by atomic mass is 35.5. The molecule has 0 aliphatic rings. The Morgan fingerprint density at radius 3 is 2.62 bits per heavy atom. The summed E-state index contributed by atoms with van der Waals surface area (Å²) in [7, 11) is 0. The standard InChI is InChI=1S/C10H7ClO2/c11-9-6-5-7-3-1-2-4-8(7)10(9)13-12/h1-6,12H. The van der Waals surface area contributed by atoms with Gasteiger partial charge in [-0.2, -0.15) is 0 Å². The summed E-state index contributed by atoms with van der Waals surface area (Å²) in [6.45, 7) is 0. The normalized spacial score (nSPS) is 10.3. The lowest BCUT2D eigenvalue weighted by Crippen LogP contribution is -1.86. The zero-order valence-corrected chi connectivity index (χ0v) is 7.45. The Balaban J connectivity index is 2.84. The number of rotatable bonds is 1. The van der Waals surface area contributed by atoms with Crippen molar-refractivity contribution in [1.29, 1.82) is 0 Å². The molecule has 0 saturated carbocycles. The van der Waals surface area contributed by atoms with Gasteiger partial charge in [-0.1, -0.05) is 41.9 Å². The molecule has 2 aromatic rings. The molecule has 0 atom stereocenters. The van der Waals surface area contributed by atoms with E-state index in [-0.39, 0.29) is 0 Å². The van der Waals surface area contributed by atoms with Crippen LogP contribution in [0.3, 0.4) is 0 Å². The van der Waals surface area contributed by atoms with Crippen LogP contribution < -0.4 is 4.89 Å². The van der Waals surface area contributed by atoms with E-state index >= 15 is 0 Å². The predicted octanol–water partition coefficient (Wildman–Crippen LogP) is 3.35. The highest BCUT2D eigenvalue weighted by Crippen LogP contribution is 2.32. The van der Waals surface area contributed by atoms with Gasteiger partial charge in [0.1, 0.15) is 0 Å². The Kier molecular flexibility index (Phi) is 2.08. The molecule has 2 aromatic carbocycles. The average Bonchev–Trinajstić information content (AvgIpc) is 2.18. The van der Waals surface area contributed by atoms with Crippen molar-refractivity contribution < 1.29 is 10.1 Å². The van der Waals surface area contributed by atoms with Crippen molar-refractivity contribution in [2.24, 2.45) is 0 Å². The number of hydrogen-bond acceptors (Lipinski definition) is 2. The van der Waals surface area contributed by atoms with E-state index in [1.165, 1.54) is 0 Å². The van der Waals surface area contributed by atoms with Gasteiger partial charge in [0.25, 0.3) is 0 Å². The molecule has 0 aromatic heterocycles. The van der Waals surface area contributed by atoms with E-state index in [9.17, 15) is 0 Å². The fourth-order valence-electron chi connectivity index (χ4n) is 1.31. The molecule has 0 amide bonds. The molecule has 0 radical (unpaired) electrons. The molecule has 0 aliphatic heterocycles. The molecule has 0 heterocycles. The minimum absolute atomic E-state index is 0.305. The van der Waals surface area contributed by atoms with Gasteiger partial charge in [-0.05, 0) is 11.5 Å². The smallest absolute Gasteiger partial charge is 0.191 e. The summed E-state index contributed by atoms with van der Waals surface area (Å²) < 4.78 is 0. The summed E-state index contributed by atoms with van der Waals surface area (Å²) in [5.74, 6) is 0.305. The van der Waals surface area contributed by atoms with Crippen molar-refractivity contribution in [3.63, 3.8) is 0 Å². The van der Waals surface area contributed by atoms with Crippen LogP contribution >= 0.6 is 11.6 Å². The monoisotopic (exact) mass is 194 g/mol. The second-order valence-corrected chi connectivity index (χ2v) is 3.10. The zero-order chi connectivity index (χ0) is 9.26. The van der Waals surface area contributed by atoms with Gasteiger partial charge in [-0.3, -0.25) is 0 Å². The van der Waals surface area contributed by atoms with Gasteiger partial charge in [-0.25, -0.2) is 5.26 Å². The minimum atomic E-state index is 0.305. The first-order chi connectivity index (χ1) is 6.33. The average molecular weight is 195 g/mol. The molecule has 0 unspecified atom stereocenters. The largest absolute Gasteiger partial charge is 0.338 e. The van der Waals surface area contributed by atoms with Crippen LogP contribution in [0.5, 0.6) is 5.75 Å². The number of benzene rings is 2. The molecule has 13 heavy (non-hydrogen) atoms. The lowest BCUT2D eigenvalue weighted by atomic mass is 10.1. The number of fused-ring (bicyclic) bond motifs is 1. The van der Waals surface area contributed by atoms with Gasteiger partial charge in [0.2, 0.25) is 0 Å². The molecular formula is C10H7ClO2. The molecule has 0 bridgehead atoms. The SMILES string of the molecule is OOc1c(Cl)ccc2ccccc12. The fourth-order valence-corrected chi connectivity index (χ4v) is 1.51. The van der Waals surface area contributed by atoms with E-state index in [1.807, 2.05) is 30.3 Å². The van der Waals surface area contributed by atoms with E-state index in [0.29, 0.717) is 10.8 Å². The highest BCUT2D eigenvalue weighted by Gasteiger charge is 2.06. The summed E-state index contributed by atoms with van der Waals surface area (Å²) >= 11 is 5.82. The predicted molar refractivity (Wildman–Crippen MR) is 52.2 cm³/mol. The number of halogens is 1. The van der Waals surface area contributed by atoms with Crippen LogP contribution in [-0.2, 0) is 0 Å². The highest BCUT2D eigenvalue weighted by molar-refractivity contribution is 6.33. The first-order valence-corrected chi connectivity index (χ1v) is 4.19. The Hall–Kier alpha value is -1.25. The summed E-state index contributed by atoms with van der Waals surface area (Å²) in [5.41, 5.74) is 0. The van der Waals surface area contributed by atoms with E-state index in [4.69, 9.17) is 16.9 Å². The molecule has 0 fully saturated rings. The van der Waals surface area contributed by atoms with E-state index in [1.54, 1.807) is 6.07 Å². The third-order valence-corrected chi connectivity index (χ3v) is 2.22. The van der Waals surface area contributed by atoms with Gasteiger partial charge >= 0.3 is 0 Å². The molecule has 66 valence electrons. The van der Waals surface area contributed by atoms with Crippen molar-refractivity contribution >= 4 is 22.4 Å². The first kappa shape index (κ1) is 8.35. The summed E-state index contributed by atoms with van der Waals surface area (Å²) in [4.78, 5) is 4.23. The van der Waals surface area contributed by atoms with Gasteiger partial charge in [-0.15, -0.1) is 0 Å². The van der Waals surface area contributed by atoms with Gasteiger partial charge < -0.3 is 4.89 Å². The molecule has 3 heteroatoms. The molecule has 2 rings (SSSR count). The van der Waals surface area contributed by atoms with Crippen molar-refractivity contribution in [3.8, 4) is 5.75 Å². The molecule has 2 nitrogen and oxygen atoms in total. The van der Waals surface area contributed by atoms with Crippen LogP contribution in [0.1, 0.15) is 0 Å². The summed E-state index contributed by atoms with van der Waals surface area (Å²) in [6.07, 6.45) is 0. The second-order valence-electron chi connectivity index (χ2n) is 2.69. The van der Waals surface area contributed by atoms with Gasteiger partial charge in [0, 0.05) is 5.39 Å². The first-order valence-electron chi connectivity index (χ1n) is 3.81. The van der Waals surface area contributed by atoms with Crippen molar-refractivity contribution in [2.45, 2.75) is 0 Å². The van der Waals surface area contributed by atoms with Gasteiger partial charge in [0.05, 0.1) is 5.02 Å². The van der Waals surface area contributed by atoms with Crippen LogP contribution in [0.4, 0.5) is 0 Å². The molecule has 0 spiro atoms. The van der Waals surface area contributed by atoms with E-state index in [0.717, 1.165) is 10.8 Å². The zero-order valence-electron chi connectivity index (χ0n) is 6.70. The summed E-state index contributed by atoms with van der Waals surface area (Å²) in [5, 5.41) is 10.8. The summed E-state index contributed by atoms with van der Waals surface area (Å²) in [6, 6.07) is 11.1. The van der Waals surface area contributed by atoms with E-state index < -0.39 is 0 Å². The van der Waals surface area contributed by atoms with Crippen molar-refractivity contribution in [2.75, 3.05) is 0 Å². The van der Waals surface area contributed by atoms with Crippen molar-refractivity contribution in [1.82, 2.24) is 0 Å². The molecular weight excluding hydrogens is 188 g/mol. The molecule has 0 aliphatic carbocycles. The maximum absolute atomic E-state index is 8.63. The molecule has 0 saturated heterocycles. The quantitative estimate of drug-likeness (QED) is 0.557. The third kappa shape index (κ3) is 1.34. The Labute approximate surface area is 80.3 Å². The lowest BCUT2D eigenvalue weighted by Gasteiger charge is -2.04. The topological polar surface area (TPSA) is 29.5 Å². The maximum atomic E-state index is 8.63. The molecule has 1 N–H and O–H groups in total. The van der Waals surface area contributed by atoms with Crippen LogP contribution in [0.15, 0.2) is 36.4 Å². The van der Waals surface area contributed by atoms with Crippen LogP contribution in [0.25, 0.3) is 10.8 Å². The second kappa shape index (κ2) is 3.24. The fraction of sp³-hybridized carbons (Fsp3) is 0. The van der Waals surface area contributed by atoms with E-state index in [2.05, 4.69) is 4.89 Å². The number of hydrogen-bond donors (Lipinski definition) is 1. The van der Waals surface area contributed by atoms with Crippen LogP contribution in [0, 0.1) is 0 Å². The minimum Gasteiger partial charge on any atom is -0.338 e. The van der Waals surface area contributed by atoms with Gasteiger partial charge in [0.15, 0.2) is 5.75 Å². The Morgan fingerprint density at radius 2 is 1.85 bits per heavy atom. The van der Waals surface area contributed by atoms with Crippen LogP contribution in [-0.4, -0.2) is 5.26 Å². The third-order valence-electron chi connectivity index (χ3n) is 1.92. The maximum Gasteiger partial charge on any atom is 0.191 e. The van der Waals surface area contributed by atoms with Crippen molar-refractivity contribution in [3.05, 3.63) is 41.4 Å². The Morgan fingerprint density at radius 1 is 1.08 bits per heavy atom.